The number of anilines is 1. The second kappa shape index (κ2) is 4.22. The van der Waals surface area contributed by atoms with E-state index in [1.165, 1.54) is 10.5 Å². The molecule has 1 fully saturated rings. The van der Waals surface area contributed by atoms with E-state index in [1.807, 2.05) is 20.8 Å². The van der Waals surface area contributed by atoms with E-state index in [1.54, 1.807) is 0 Å². The lowest BCUT2D eigenvalue weighted by Gasteiger charge is -2.40. The van der Waals surface area contributed by atoms with Crippen LogP contribution in [0.5, 0.6) is 0 Å². The van der Waals surface area contributed by atoms with Crippen LogP contribution in [0.15, 0.2) is 11.1 Å². The van der Waals surface area contributed by atoms with Gasteiger partial charge in [-0.25, -0.2) is 8.42 Å². The van der Waals surface area contributed by atoms with Crippen LogP contribution in [0.4, 0.5) is 5.82 Å². The number of nitrogen functional groups attached to an aromatic ring is 1. The third-order valence-corrected chi connectivity index (χ3v) is 4.63. The highest BCUT2D eigenvalue weighted by Crippen LogP contribution is 2.27. The topological polar surface area (TPSA) is 101 Å². The highest BCUT2D eigenvalue weighted by atomic mass is 32.2. The lowest BCUT2D eigenvalue weighted by molar-refractivity contribution is -0.109. The number of ether oxygens (including phenoxy) is 1. The van der Waals surface area contributed by atoms with Gasteiger partial charge in [-0.3, -0.25) is 5.10 Å². The summed E-state index contributed by atoms with van der Waals surface area (Å²) in [4.78, 5) is 0.0207. The fraction of sp³-hybridized carbons (Fsp3) is 0.700. The molecule has 1 unspecified atom stereocenters. The molecule has 8 heteroatoms. The number of nitrogens with one attached hydrogen (secondary N) is 1. The Hall–Kier alpha value is -1.12. The molecule has 102 valence electrons. The van der Waals surface area contributed by atoms with Crippen LogP contribution >= 0.6 is 0 Å². The van der Waals surface area contributed by atoms with Gasteiger partial charge >= 0.3 is 0 Å². The van der Waals surface area contributed by atoms with Crippen LogP contribution in [0.1, 0.15) is 20.8 Å². The van der Waals surface area contributed by atoms with Crippen molar-refractivity contribution in [1.82, 2.24) is 14.5 Å². The average Bonchev–Trinajstić information content (AvgIpc) is 2.61. The molecule has 7 nitrogen and oxygen atoms in total. The second-order valence-corrected chi connectivity index (χ2v) is 7.04. The van der Waals surface area contributed by atoms with Crippen LogP contribution < -0.4 is 5.73 Å². The van der Waals surface area contributed by atoms with E-state index in [9.17, 15) is 8.42 Å². The van der Waals surface area contributed by atoms with Gasteiger partial charge in [-0.05, 0) is 20.8 Å². The first-order valence-electron chi connectivity index (χ1n) is 5.69. The molecule has 0 saturated carbocycles. The summed E-state index contributed by atoms with van der Waals surface area (Å²) in [5.74, 6) is 0.0620. The van der Waals surface area contributed by atoms with E-state index in [0.29, 0.717) is 13.1 Å². The minimum absolute atomic E-state index is 0.0207. The lowest BCUT2D eigenvalue weighted by atomic mass is 10.1. The van der Waals surface area contributed by atoms with Crippen LogP contribution in [-0.4, -0.2) is 47.7 Å². The second-order valence-electron chi connectivity index (χ2n) is 5.13. The molecule has 1 aliphatic heterocycles. The van der Waals surface area contributed by atoms with Gasteiger partial charge in [0.05, 0.1) is 17.9 Å². The summed E-state index contributed by atoms with van der Waals surface area (Å²) in [5, 5.41) is 6.09. The molecular weight excluding hydrogens is 256 g/mol. The normalized spacial score (nSPS) is 25.2. The van der Waals surface area contributed by atoms with E-state index < -0.39 is 15.6 Å². The van der Waals surface area contributed by atoms with Crippen LogP contribution in [0.2, 0.25) is 0 Å². The fourth-order valence-electron chi connectivity index (χ4n) is 2.21. The molecular formula is C10H18N4O3S. The number of nitrogens with zero attached hydrogens (tertiary/aromatic N) is 2. The third kappa shape index (κ3) is 2.36. The average molecular weight is 274 g/mol. The fourth-order valence-corrected chi connectivity index (χ4v) is 3.88. The van der Waals surface area contributed by atoms with Crippen molar-refractivity contribution < 1.29 is 13.2 Å². The molecule has 1 saturated heterocycles. The SMILES string of the molecule is CC1CN(S(=O)(=O)c2cn[nH]c2N)CC(C)(C)O1. The molecule has 1 aromatic rings. The van der Waals surface area contributed by atoms with Crippen molar-refractivity contribution in [3.63, 3.8) is 0 Å². The van der Waals surface area contributed by atoms with E-state index in [4.69, 9.17) is 10.5 Å². The molecule has 0 aromatic carbocycles. The smallest absolute Gasteiger partial charge is 0.248 e. The van der Waals surface area contributed by atoms with E-state index >= 15 is 0 Å². The lowest BCUT2D eigenvalue weighted by Crippen LogP contribution is -2.53. The van der Waals surface area contributed by atoms with Gasteiger partial charge in [0.25, 0.3) is 0 Å². The first-order valence-corrected chi connectivity index (χ1v) is 7.13. The van der Waals surface area contributed by atoms with Gasteiger partial charge in [0, 0.05) is 13.1 Å². The monoisotopic (exact) mass is 274 g/mol. The maximum Gasteiger partial charge on any atom is 0.248 e. The quantitative estimate of drug-likeness (QED) is 0.801. The van der Waals surface area contributed by atoms with Crippen LogP contribution in [-0.2, 0) is 14.8 Å². The van der Waals surface area contributed by atoms with Gasteiger partial charge in [0.2, 0.25) is 10.0 Å². The molecule has 0 bridgehead atoms. The van der Waals surface area contributed by atoms with Crippen molar-refractivity contribution in [3.8, 4) is 0 Å². The highest BCUT2D eigenvalue weighted by Gasteiger charge is 2.39. The number of aromatic nitrogens is 2. The molecule has 0 radical (unpaired) electrons. The highest BCUT2D eigenvalue weighted by molar-refractivity contribution is 7.89. The Labute approximate surface area is 106 Å². The minimum atomic E-state index is -3.62. The molecule has 18 heavy (non-hydrogen) atoms. The predicted octanol–water partition coefficient (Wildman–Crippen LogP) is 0.180. The summed E-state index contributed by atoms with van der Waals surface area (Å²) in [6.45, 7) is 6.19. The van der Waals surface area contributed by atoms with Crippen molar-refractivity contribution in [1.29, 1.82) is 0 Å². The summed E-state index contributed by atoms with van der Waals surface area (Å²) in [7, 11) is -3.62. The first kappa shape index (κ1) is 13.3. The Morgan fingerprint density at radius 1 is 1.61 bits per heavy atom. The molecule has 1 atom stereocenters. The number of rotatable bonds is 2. The molecule has 3 N–H and O–H groups in total. The standard InChI is InChI=1S/C10H18N4O3S/c1-7-5-14(6-10(2,3)17-7)18(15,16)8-4-12-13-9(8)11/h4,7H,5-6H2,1-3H3,(H3,11,12,13). The van der Waals surface area contributed by atoms with Crippen molar-refractivity contribution in [2.24, 2.45) is 0 Å². The Bertz CT molecular complexity index is 537. The van der Waals surface area contributed by atoms with Crippen LogP contribution in [0.3, 0.4) is 0 Å². The third-order valence-electron chi connectivity index (χ3n) is 2.79. The largest absolute Gasteiger partial charge is 0.383 e. The van der Waals surface area contributed by atoms with E-state index in [2.05, 4.69) is 10.2 Å². The summed E-state index contributed by atoms with van der Waals surface area (Å²) < 4.78 is 31.9. The maximum atomic E-state index is 12.4. The van der Waals surface area contributed by atoms with Crippen molar-refractivity contribution in [2.45, 2.75) is 37.4 Å². The molecule has 1 aromatic heterocycles. The van der Waals surface area contributed by atoms with Crippen molar-refractivity contribution >= 4 is 15.8 Å². The molecule has 0 amide bonds. The number of nitrogens with two attached hydrogens (primary N) is 1. The van der Waals surface area contributed by atoms with Gasteiger partial charge in [-0.2, -0.15) is 9.40 Å². The summed E-state index contributed by atoms with van der Waals surface area (Å²) >= 11 is 0. The molecule has 0 aliphatic carbocycles. The molecule has 1 aliphatic rings. The number of sulfonamides is 1. The Balaban J connectivity index is 2.34. The van der Waals surface area contributed by atoms with Crippen molar-refractivity contribution in [2.75, 3.05) is 18.8 Å². The Kier molecular flexibility index (Phi) is 3.12. The van der Waals surface area contributed by atoms with Gasteiger partial charge in [-0.15, -0.1) is 0 Å². The molecule has 2 heterocycles. The summed E-state index contributed by atoms with van der Waals surface area (Å²) in [6.07, 6.45) is 1.08. The van der Waals surface area contributed by atoms with Gasteiger partial charge in [0.15, 0.2) is 0 Å². The predicted molar refractivity (Wildman–Crippen MR) is 66.4 cm³/mol. The molecule has 0 spiro atoms. The minimum Gasteiger partial charge on any atom is -0.383 e. The van der Waals surface area contributed by atoms with Crippen LogP contribution in [0, 0.1) is 0 Å². The van der Waals surface area contributed by atoms with Crippen molar-refractivity contribution in [3.05, 3.63) is 6.20 Å². The van der Waals surface area contributed by atoms with Gasteiger partial charge < -0.3 is 10.5 Å². The number of aromatic amines is 1. The number of hydrogen-bond donors (Lipinski definition) is 2. The Morgan fingerprint density at radius 3 is 2.78 bits per heavy atom. The number of morpholine rings is 1. The van der Waals surface area contributed by atoms with Gasteiger partial charge in [-0.1, -0.05) is 0 Å². The zero-order valence-corrected chi connectivity index (χ0v) is 11.5. The van der Waals surface area contributed by atoms with E-state index in [-0.39, 0.29) is 16.8 Å². The molecule has 2 rings (SSSR count). The maximum absolute atomic E-state index is 12.4. The first-order chi connectivity index (χ1) is 8.22. The number of hydrogen-bond acceptors (Lipinski definition) is 5. The Morgan fingerprint density at radius 2 is 2.28 bits per heavy atom. The zero-order valence-electron chi connectivity index (χ0n) is 10.7. The summed E-state index contributed by atoms with van der Waals surface area (Å²) in [5.41, 5.74) is 5.07. The van der Waals surface area contributed by atoms with Gasteiger partial charge in [0.1, 0.15) is 10.7 Å². The zero-order chi connectivity index (χ0) is 13.6. The van der Waals surface area contributed by atoms with Crippen LogP contribution in [0.25, 0.3) is 0 Å². The summed E-state index contributed by atoms with van der Waals surface area (Å²) in [6, 6.07) is 0. The number of H-pyrrole nitrogens is 1. The van der Waals surface area contributed by atoms with E-state index in [0.717, 1.165) is 0 Å².